The van der Waals surface area contributed by atoms with Gasteiger partial charge in [-0.1, -0.05) is 0 Å². The molecule has 0 aliphatic heterocycles. The predicted octanol–water partition coefficient (Wildman–Crippen LogP) is 1.63. The van der Waals surface area contributed by atoms with Crippen LogP contribution in [0.3, 0.4) is 0 Å². The minimum Gasteiger partial charge on any atom is -0.350 e. The molecule has 1 saturated carbocycles. The van der Waals surface area contributed by atoms with Crippen molar-refractivity contribution in [3.05, 3.63) is 0 Å². The van der Waals surface area contributed by atoms with Gasteiger partial charge >= 0.3 is 0 Å². The Labute approximate surface area is 93.2 Å². The maximum atomic E-state index is 11.7. The fourth-order valence-corrected chi connectivity index (χ4v) is 1.77. The van der Waals surface area contributed by atoms with Crippen molar-refractivity contribution in [1.29, 1.82) is 0 Å². The number of nitrogens with zero attached hydrogens (tertiary/aromatic N) is 1. The van der Waals surface area contributed by atoms with Crippen LogP contribution in [0.1, 0.15) is 40.5 Å². The average Bonchev–Trinajstić information content (AvgIpc) is 2.80. The van der Waals surface area contributed by atoms with E-state index in [1.807, 2.05) is 27.8 Å². The van der Waals surface area contributed by atoms with Crippen molar-refractivity contribution >= 4 is 5.91 Å². The Hall–Kier alpha value is -0.570. The van der Waals surface area contributed by atoms with Gasteiger partial charge in [-0.3, -0.25) is 9.69 Å². The molecule has 1 aliphatic rings. The predicted molar refractivity (Wildman–Crippen MR) is 62.7 cm³/mol. The van der Waals surface area contributed by atoms with E-state index in [0.29, 0.717) is 12.6 Å². The molecule has 1 amide bonds. The Bertz CT molecular complexity index is 228. The number of likely N-dealkylation sites (N-methyl/N-ethyl adjacent to an activating group) is 1. The van der Waals surface area contributed by atoms with E-state index in [-0.39, 0.29) is 11.4 Å². The van der Waals surface area contributed by atoms with Gasteiger partial charge < -0.3 is 5.32 Å². The molecule has 1 aliphatic carbocycles. The second-order valence-electron chi connectivity index (χ2n) is 5.79. The van der Waals surface area contributed by atoms with Gasteiger partial charge in [0, 0.05) is 11.6 Å². The van der Waals surface area contributed by atoms with E-state index < -0.39 is 0 Å². The van der Waals surface area contributed by atoms with Crippen LogP contribution in [0, 0.1) is 5.92 Å². The zero-order valence-electron chi connectivity index (χ0n) is 10.6. The van der Waals surface area contributed by atoms with Gasteiger partial charge in [0.15, 0.2) is 0 Å². The summed E-state index contributed by atoms with van der Waals surface area (Å²) in [6, 6.07) is 0.538. The van der Waals surface area contributed by atoms with Crippen molar-refractivity contribution in [2.45, 2.75) is 52.1 Å². The summed E-state index contributed by atoms with van der Waals surface area (Å²) in [6.07, 6.45) is 2.65. The second-order valence-corrected chi connectivity index (χ2v) is 5.79. The highest BCUT2D eigenvalue weighted by atomic mass is 16.2. The Kier molecular flexibility index (Phi) is 3.77. The Morgan fingerprint density at radius 1 is 1.47 bits per heavy atom. The summed E-state index contributed by atoms with van der Waals surface area (Å²) in [5.41, 5.74) is -0.124. The van der Waals surface area contributed by atoms with Gasteiger partial charge in [-0.05, 0) is 53.5 Å². The lowest BCUT2D eigenvalue weighted by molar-refractivity contribution is -0.123. The van der Waals surface area contributed by atoms with E-state index in [0.717, 1.165) is 5.92 Å². The van der Waals surface area contributed by atoms with Gasteiger partial charge in [0.1, 0.15) is 0 Å². The number of carbonyl (C=O) groups is 1. The molecule has 0 heterocycles. The summed E-state index contributed by atoms with van der Waals surface area (Å²) in [6.45, 7) is 8.75. The van der Waals surface area contributed by atoms with Gasteiger partial charge in [0.05, 0.1) is 6.54 Å². The first kappa shape index (κ1) is 12.5. The minimum atomic E-state index is -0.124. The van der Waals surface area contributed by atoms with Gasteiger partial charge in [0.25, 0.3) is 0 Å². The quantitative estimate of drug-likeness (QED) is 0.768. The molecule has 0 saturated heterocycles. The molecule has 3 nitrogen and oxygen atoms in total. The molecule has 1 atom stereocenters. The van der Waals surface area contributed by atoms with Crippen LogP contribution in [0.5, 0.6) is 0 Å². The molecular weight excluding hydrogens is 188 g/mol. The SMILES string of the molecule is CC(C1CC1)N(C)CC(=O)NC(C)(C)C. The number of hydrogen-bond donors (Lipinski definition) is 1. The summed E-state index contributed by atoms with van der Waals surface area (Å²) in [5, 5.41) is 2.98. The molecule has 88 valence electrons. The van der Waals surface area contributed by atoms with Gasteiger partial charge in [0.2, 0.25) is 5.91 Å². The van der Waals surface area contributed by atoms with Crippen LogP contribution >= 0.6 is 0 Å². The monoisotopic (exact) mass is 212 g/mol. The molecule has 0 aromatic rings. The molecule has 1 rings (SSSR count). The van der Waals surface area contributed by atoms with Gasteiger partial charge in [-0.15, -0.1) is 0 Å². The molecule has 1 unspecified atom stereocenters. The number of hydrogen-bond acceptors (Lipinski definition) is 2. The average molecular weight is 212 g/mol. The first-order valence-electron chi connectivity index (χ1n) is 5.81. The van der Waals surface area contributed by atoms with Crippen molar-refractivity contribution in [2.75, 3.05) is 13.6 Å². The molecule has 0 spiro atoms. The lowest BCUT2D eigenvalue weighted by Gasteiger charge is -2.27. The largest absolute Gasteiger partial charge is 0.350 e. The highest BCUT2D eigenvalue weighted by Gasteiger charge is 2.31. The zero-order chi connectivity index (χ0) is 11.6. The molecule has 0 radical (unpaired) electrons. The lowest BCUT2D eigenvalue weighted by atomic mass is 10.1. The van der Waals surface area contributed by atoms with Crippen molar-refractivity contribution in [3.8, 4) is 0 Å². The molecule has 1 N–H and O–H groups in total. The summed E-state index contributed by atoms with van der Waals surface area (Å²) in [4.78, 5) is 13.8. The van der Waals surface area contributed by atoms with Crippen LogP contribution in [0.4, 0.5) is 0 Å². The van der Waals surface area contributed by atoms with E-state index >= 15 is 0 Å². The van der Waals surface area contributed by atoms with Gasteiger partial charge in [-0.25, -0.2) is 0 Å². The van der Waals surface area contributed by atoms with Crippen LogP contribution in [-0.4, -0.2) is 36.0 Å². The van der Waals surface area contributed by atoms with Crippen LogP contribution in [0.25, 0.3) is 0 Å². The molecule has 1 fully saturated rings. The Morgan fingerprint density at radius 2 is 2.00 bits per heavy atom. The number of nitrogens with one attached hydrogen (secondary N) is 1. The summed E-state index contributed by atoms with van der Waals surface area (Å²) >= 11 is 0. The highest BCUT2D eigenvalue weighted by Crippen LogP contribution is 2.34. The van der Waals surface area contributed by atoms with Crippen LogP contribution in [0.2, 0.25) is 0 Å². The zero-order valence-corrected chi connectivity index (χ0v) is 10.6. The van der Waals surface area contributed by atoms with E-state index in [1.54, 1.807) is 0 Å². The number of carbonyl (C=O) groups excluding carboxylic acids is 1. The fraction of sp³-hybridized carbons (Fsp3) is 0.917. The standard InChI is InChI=1S/C12H24N2O/c1-9(10-6-7-10)14(5)8-11(15)13-12(2,3)4/h9-10H,6-8H2,1-5H3,(H,13,15). The maximum absolute atomic E-state index is 11.7. The first-order chi connectivity index (χ1) is 6.79. The fourth-order valence-electron chi connectivity index (χ4n) is 1.77. The number of amides is 1. The topological polar surface area (TPSA) is 32.3 Å². The minimum absolute atomic E-state index is 0.123. The summed E-state index contributed by atoms with van der Waals surface area (Å²) in [5.74, 6) is 0.940. The van der Waals surface area contributed by atoms with Crippen molar-refractivity contribution in [2.24, 2.45) is 5.92 Å². The highest BCUT2D eigenvalue weighted by molar-refractivity contribution is 5.78. The summed E-state index contributed by atoms with van der Waals surface area (Å²) < 4.78 is 0. The van der Waals surface area contributed by atoms with Crippen molar-refractivity contribution in [1.82, 2.24) is 10.2 Å². The maximum Gasteiger partial charge on any atom is 0.234 e. The van der Waals surface area contributed by atoms with E-state index in [1.165, 1.54) is 12.8 Å². The Balaban J connectivity index is 2.30. The molecule has 15 heavy (non-hydrogen) atoms. The van der Waals surface area contributed by atoms with Crippen LogP contribution < -0.4 is 5.32 Å². The molecule has 0 bridgehead atoms. The van der Waals surface area contributed by atoms with E-state index in [4.69, 9.17) is 0 Å². The van der Waals surface area contributed by atoms with Crippen molar-refractivity contribution in [3.63, 3.8) is 0 Å². The van der Waals surface area contributed by atoms with E-state index in [2.05, 4.69) is 17.1 Å². The van der Waals surface area contributed by atoms with Crippen LogP contribution in [-0.2, 0) is 4.79 Å². The Morgan fingerprint density at radius 3 is 2.40 bits per heavy atom. The second kappa shape index (κ2) is 4.52. The molecule has 0 aromatic carbocycles. The third-order valence-corrected chi connectivity index (χ3v) is 2.91. The number of rotatable bonds is 4. The molecule has 0 aromatic heterocycles. The molecule has 3 heteroatoms. The van der Waals surface area contributed by atoms with Gasteiger partial charge in [-0.2, -0.15) is 0 Å². The normalized spacial score (nSPS) is 19.1. The van der Waals surface area contributed by atoms with E-state index in [9.17, 15) is 4.79 Å². The first-order valence-corrected chi connectivity index (χ1v) is 5.81. The van der Waals surface area contributed by atoms with Crippen molar-refractivity contribution < 1.29 is 4.79 Å². The summed E-state index contributed by atoms with van der Waals surface area (Å²) in [7, 11) is 2.03. The lowest BCUT2D eigenvalue weighted by Crippen LogP contribution is -2.47. The third-order valence-electron chi connectivity index (χ3n) is 2.91. The van der Waals surface area contributed by atoms with Crippen LogP contribution in [0.15, 0.2) is 0 Å². The molecular formula is C12H24N2O. The smallest absolute Gasteiger partial charge is 0.234 e. The third kappa shape index (κ3) is 4.65.